The van der Waals surface area contributed by atoms with Crippen molar-refractivity contribution in [3.8, 4) is 0 Å². The SMILES string of the molecule is COP(=O)(OC)[C@H](O)/C=C(\C)CC/C=C(\C)CCC=C(C)C. The van der Waals surface area contributed by atoms with E-state index in [1.807, 2.05) is 6.92 Å². The monoisotopic (exact) mass is 330 g/mol. The third-order valence-electron chi connectivity index (χ3n) is 3.39. The molecule has 0 aliphatic rings. The quantitative estimate of drug-likeness (QED) is 0.441. The molecule has 0 fully saturated rings. The van der Waals surface area contributed by atoms with Crippen molar-refractivity contribution in [1.82, 2.24) is 0 Å². The van der Waals surface area contributed by atoms with Gasteiger partial charge in [-0.15, -0.1) is 0 Å². The summed E-state index contributed by atoms with van der Waals surface area (Å²) in [6, 6.07) is 0. The molecule has 22 heavy (non-hydrogen) atoms. The number of allylic oxidation sites excluding steroid dienone is 5. The lowest BCUT2D eigenvalue weighted by molar-refractivity contribution is 0.200. The standard InChI is InChI=1S/C17H31O4P/c1-14(2)9-7-10-15(3)11-8-12-16(4)13-17(18)22(19,20-5)21-6/h9,11,13,17-18H,7-8,10,12H2,1-6H3/b15-11+,16-13+/t17-/m0/s1. The van der Waals surface area contributed by atoms with Crippen LogP contribution in [0.25, 0.3) is 0 Å². The van der Waals surface area contributed by atoms with Gasteiger partial charge >= 0.3 is 7.60 Å². The third kappa shape index (κ3) is 8.70. The molecular formula is C17H31O4P. The highest BCUT2D eigenvalue weighted by atomic mass is 31.2. The molecule has 1 N–H and O–H groups in total. The van der Waals surface area contributed by atoms with Gasteiger partial charge in [0.2, 0.25) is 0 Å². The average Bonchev–Trinajstić information content (AvgIpc) is 2.45. The van der Waals surface area contributed by atoms with E-state index in [1.54, 1.807) is 6.08 Å². The Morgan fingerprint density at radius 2 is 1.50 bits per heavy atom. The number of rotatable bonds is 10. The van der Waals surface area contributed by atoms with Crippen molar-refractivity contribution in [3.05, 3.63) is 34.9 Å². The summed E-state index contributed by atoms with van der Waals surface area (Å²) in [7, 11) is -0.898. The van der Waals surface area contributed by atoms with Crippen molar-refractivity contribution in [3.63, 3.8) is 0 Å². The van der Waals surface area contributed by atoms with E-state index in [0.29, 0.717) is 0 Å². The highest BCUT2D eigenvalue weighted by Gasteiger charge is 2.30. The molecule has 128 valence electrons. The summed E-state index contributed by atoms with van der Waals surface area (Å²) in [6.07, 6.45) is 9.87. The van der Waals surface area contributed by atoms with Gasteiger partial charge in [-0.1, -0.05) is 28.9 Å². The lowest BCUT2D eigenvalue weighted by Gasteiger charge is -2.17. The maximum atomic E-state index is 12.0. The van der Waals surface area contributed by atoms with Crippen LogP contribution in [-0.4, -0.2) is 25.2 Å². The maximum absolute atomic E-state index is 12.0. The second kappa shape index (κ2) is 11.0. The minimum absolute atomic E-state index is 0.810. The number of aliphatic hydroxyl groups is 1. The highest BCUT2D eigenvalue weighted by molar-refractivity contribution is 7.54. The number of hydrogen-bond acceptors (Lipinski definition) is 4. The van der Waals surface area contributed by atoms with E-state index in [9.17, 15) is 9.67 Å². The lowest BCUT2D eigenvalue weighted by Crippen LogP contribution is -2.07. The van der Waals surface area contributed by atoms with Crippen LogP contribution in [0, 0.1) is 0 Å². The molecule has 0 spiro atoms. The largest absolute Gasteiger partial charge is 0.377 e. The van der Waals surface area contributed by atoms with Gasteiger partial charge in [0.1, 0.15) is 0 Å². The van der Waals surface area contributed by atoms with E-state index in [0.717, 1.165) is 31.3 Å². The van der Waals surface area contributed by atoms with Crippen LogP contribution in [-0.2, 0) is 13.6 Å². The Balaban J connectivity index is 4.38. The molecule has 0 amide bonds. The second-order valence-electron chi connectivity index (χ2n) is 5.74. The van der Waals surface area contributed by atoms with E-state index < -0.39 is 13.4 Å². The Bertz CT molecular complexity index is 451. The van der Waals surface area contributed by atoms with Crippen molar-refractivity contribution in [2.45, 2.75) is 59.2 Å². The van der Waals surface area contributed by atoms with Crippen LogP contribution in [0.15, 0.2) is 34.9 Å². The van der Waals surface area contributed by atoms with E-state index in [4.69, 9.17) is 9.05 Å². The van der Waals surface area contributed by atoms with Crippen molar-refractivity contribution < 1.29 is 18.7 Å². The number of hydrogen-bond donors (Lipinski definition) is 1. The van der Waals surface area contributed by atoms with Crippen LogP contribution < -0.4 is 0 Å². The van der Waals surface area contributed by atoms with Crippen LogP contribution in [0.2, 0.25) is 0 Å². The molecule has 0 bridgehead atoms. The smallest absolute Gasteiger partial charge is 0.362 e. The number of aliphatic hydroxyl groups excluding tert-OH is 1. The first-order valence-corrected chi connectivity index (χ1v) is 9.22. The van der Waals surface area contributed by atoms with Gasteiger partial charge in [-0.3, -0.25) is 4.57 Å². The molecule has 0 heterocycles. The summed E-state index contributed by atoms with van der Waals surface area (Å²) in [4.78, 5) is 0. The molecule has 0 aromatic carbocycles. The summed E-state index contributed by atoms with van der Waals surface area (Å²) < 4.78 is 21.5. The van der Waals surface area contributed by atoms with Gasteiger partial charge in [0.05, 0.1) is 0 Å². The van der Waals surface area contributed by atoms with Gasteiger partial charge in [0.15, 0.2) is 5.85 Å². The van der Waals surface area contributed by atoms with Gasteiger partial charge in [-0.2, -0.15) is 0 Å². The zero-order valence-electron chi connectivity index (χ0n) is 14.8. The van der Waals surface area contributed by atoms with Crippen molar-refractivity contribution in [2.24, 2.45) is 0 Å². The van der Waals surface area contributed by atoms with Gasteiger partial charge in [-0.25, -0.2) is 0 Å². The lowest BCUT2D eigenvalue weighted by atomic mass is 10.1. The summed E-state index contributed by atoms with van der Waals surface area (Å²) >= 11 is 0. The fourth-order valence-electron chi connectivity index (χ4n) is 1.96. The molecule has 0 aromatic rings. The highest BCUT2D eigenvalue weighted by Crippen LogP contribution is 2.51. The Morgan fingerprint density at radius 1 is 1.00 bits per heavy atom. The van der Waals surface area contributed by atoms with Crippen LogP contribution in [0.1, 0.15) is 53.4 Å². The minimum Gasteiger partial charge on any atom is -0.377 e. The fraction of sp³-hybridized carbons (Fsp3) is 0.647. The average molecular weight is 330 g/mol. The van der Waals surface area contributed by atoms with Crippen molar-refractivity contribution in [1.29, 1.82) is 0 Å². The Morgan fingerprint density at radius 3 is 2.00 bits per heavy atom. The minimum atomic E-state index is -3.44. The van der Waals surface area contributed by atoms with Crippen LogP contribution >= 0.6 is 7.60 Å². The molecule has 1 atom stereocenters. The second-order valence-corrected chi connectivity index (χ2v) is 8.08. The van der Waals surface area contributed by atoms with Gasteiger partial charge in [0, 0.05) is 14.2 Å². The molecule has 0 aliphatic carbocycles. The molecule has 0 aliphatic heterocycles. The van der Waals surface area contributed by atoms with Gasteiger partial charge in [-0.05, 0) is 59.5 Å². The van der Waals surface area contributed by atoms with Crippen molar-refractivity contribution >= 4 is 7.60 Å². The first kappa shape index (κ1) is 21.3. The molecule has 0 saturated heterocycles. The molecule has 0 saturated carbocycles. The van der Waals surface area contributed by atoms with Gasteiger partial charge < -0.3 is 14.2 Å². The van der Waals surface area contributed by atoms with E-state index >= 15 is 0 Å². The van der Waals surface area contributed by atoms with Crippen LogP contribution in [0.4, 0.5) is 0 Å². The maximum Gasteiger partial charge on any atom is 0.362 e. The van der Waals surface area contributed by atoms with E-state index in [2.05, 4.69) is 32.9 Å². The zero-order chi connectivity index (χ0) is 17.2. The van der Waals surface area contributed by atoms with Crippen LogP contribution in [0.3, 0.4) is 0 Å². The molecule has 0 rings (SSSR count). The molecular weight excluding hydrogens is 299 g/mol. The van der Waals surface area contributed by atoms with E-state index in [1.165, 1.54) is 25.4 Å². The predicted molar refractivity (Wildman–Crippen MR) is 93.0 cm³/mol. The third-order valence-corrected chi connectivity index (χ3v) is 5.20. The van der Waals surface area contributed by atoms with E-state index in [-0.39, 0.29) is 0 Å². The molecule has 4 nitrogen and oxygen atoms in total. The first-order chi connectivity index (χ1) is 10.2. The Kier molecular flexibility index (Phi) is 10.6. The molecule has 0 aromatic heterocycles. The zero-order valence-corrected chi connectivity index (χ0v) is 15.7. The fourth-order valence-corrected chi connectivity index (χ4v) is 2.97. The van der Waals surface area contributed by atoms with Crippen LogP contribution in [0.5, 0.6) is 0 Å². The summed E-state index contributed by atoms with van der Waals surface area (Å²) in [5, 5.41) is 9.90. The summed E-state index contributed by atoms with van der Waals surface area (Å²) in [5.41, 5.74) is 3.68. The first-order valence-electron chi connectivity index (χ1n) is 7.60. The summed E-state index contributed by atoms with van der Waals surface area (Å²) in [5.74, 6) is -1.22. The molecule has 0 radical (unpaired) electrons. The normalized spacial score (nSPS) is 14.9. The molecule has 5 heteroatoms. The predicted octanol–water partition coefficient (Wildman–Crippen LogP) is 5.21. The van der Waals surface area contributed by atoms with Crippen molar-refractivity contribution in [2.75, 3.05) is 14.2 Å². The summed E-state index contributed by atoms with van der Waals surface area (Å²) in [6.45, 7) is 8.26. The molecule has 0 unspecified atom stereocenters. The Hall–Kier alpha value is -0.670. The Labute approximate surface area is 135 Å². The topological polar surface area (TPSA) is 55.8 Å². The van der Waals surface area contributed by atoms with Gasteiger partial charge in [0.25, 0.3) is 0 Å².